The second kappa shape index (κ2) is 2.86. The van der Waals surface area contributed by atoms with E-state index in [-0.39, 0.29) is 12.8 Å². The molecule has 1 atom stereocenters. The zero-order valence-corrected chi connectivity index (χ0v) is 6.66. The van der Waals surface area contributed by atoms with Crippen molar-refractivity contribution in [3.05, 3.63) is 0 Å². The maximum atomic E-state index is 11.2. The first kappa shape index (κ1) is 9.19. The molecule has 0 radical (unpaired) electrons. The monoisotopic (exact) mass is 181 g/mol. The number of nitriles is 1. The van der Waals surface area contributed by atoms with E-state index in [1.807, 2.05) is 5.32 Å². The van der Waals surface area contributed by atoms with E-state index in [9.17, 15) is 14.4 Å². The molecule has 0 aromatic carbocycles. The number of rotatable bonds is 2. The summed E-state index contributed by atoms with van der Waals surface area (Å²) in [6.07, 6.45) is -0.686. The SMILES string of the molecule is N#CCC1(C(N)=O)CC(=O)NC1=O. The van der Waals surface area contributed by atoms with Gasteiger partial charge in [-0.2, -0.15) is 5.26 Å². The average molecular weight is 181 g/mol. The van der Waals surface area contributed by atoms with Gasteiger partial charge in [-0.3, -0.25) is 19.7 Å². The molecule has 1 saturated heterocycles. The van der Waals surface area contributed by atoms with Crippen LogP contribution in [0.1, 0.15) is 12.8 Å². The molecule has 0 bridgehead atoms. The molecule has 0 spiro atoms. The van der Waals surface area contributed by atoms with Crippen molar-refractivity contribution in [2.45, 2.75) is 12.8 Å². The van der Waals surface area contributed by atoms with E-state index in [4.69, 9.17) is 11.0 Å². The van der Waals surface area contributed by atoms with Crippen molar-refractivity contribution in [1.29, 1.82) is 5.26 Å². The maximum absolute atomic E-state index is 11.2. The summed E-state index contributed by atoms with van der Waals surface area (Å²) in [5.74, 6) is -2.27. The van der Waals surface area contributed by atoms with Gasteiger partial charge >= 0.3 is 0 Å². The number of hydrogen-bond donors (Lipinski definition) is 2. The van der Waals surface area contributed by atoms with E-state index in [0.717, 1.165) is 0 Å². The number of carbonyl (C=O) groups excluding carboxylic acids is 3. The second-order valence-electron chi connectivity index (χ2n) is 2.84. The standard InChI is InChI=1S/C7H7N3O3/c8-2-1-7(5(9)12)3-4(11)10-6(7)13/h1,3H2,(H2,9,12)(H,10,11,13). The van der Waals surface area contributed by atoms with Crippen LogP contribution in [0.5, 0.6) is 0 Å². The summed E-state index contributed by atoms with van der Waals surface area (Å²) in [7, 11) is 0. The maximum Gasteiger partial charge on any atom is 0.243 e. The molecule has 1 aliphatic heterocycles. The van der Waals surface area contributed by atoms with Gasteiger partial charge in [-0.1, -0.05) is 0 Å². The Balaban J connectivity index is 3.06. The highest BCUT2D eigenvalue weighted by Crippen LogP contribution is 2.30. The predicted molar refractivity (Wildman–Crippen MR) is 39.6 cm³/mol. The van der Waals surface area contributed by atoms with E-state index >= 15 is 0 Å². The third-order valence-electron chi connectivity index (χ3n) is 2.00. The lowest BCUT2D eigenvalue weighted by Gasteiger charge is -2.16. The minimum Gasteiger partial charge on any atom is -0.369 e. The molecule has 1 unspecified atom stereocenters. The molecule has 68 valence electrons. The highest BCUT2D eigenvalue weighted by atomic mass is 16.2. The molecular weight excluding hydrogens is 174 g/mol. The normalized spacial score (nSPS) is 26.7. The van der Waals surface area contributed by atoms with Gasteiger partial charge in [0.1, 0.15) is 5.41 Å². The van der Waals surface area contributed by atoms with Crippen LogP contribution in [0.2, 0.25) is 0 Å². The molecule has 6 nitrogen and oxygen atoms in total. The minimum atomic E-state index is -1.65. The summed E-state index contributed by atoms with van der Waals surface area (Å²) in [5.41, 5.74) is 3.32. The molecule has 3 N–H and O–H groups in total. The van der Waals surface area contributed by atoms with Crippen molar-refractivity contribution < 1.29 is 14.4 Å². The van der Waals surface area contributed by atoms with Crippen molar-refractivity contribution in [2.75, 3.05) is 0 Å². The van der Waals surface area contributed by atoms with Crippen LogP contribution < -0.4 is 11.1 Å². The van der Waals surface area contributed by atoms with Gasteiger partial charge in [0.25, 0.3) is 0 Å². The van der Waals surface area contributed by atoms with Crippen LogP contribution in [-0.4, -0.2) is 17.7 Å². The fourth-order valence-electron chi connectivity index (χ4n) is 1.21. The highest BCUT2D eigenvalue weighted by Gasteiger charge is 2.51. The Labute approximate surface area is 73.7 Å². The van der Waals surface area contributed by atoms with E-state index in [1.54, 1.807) is 6.07 Å². The third-order valence-corrected chi connectivity index (χ3v) is 2.00. The fraction of sp³-hybridized carbons (Fsp3) is 0.429. The fourth-order valence-corrected chi connectivity index (χ4v) is 1.21. The Morgan fingerprint density at radius 1 is 1.69 bits per heavy atom. The van der Waals surface area contributed by atoms with E-state index < -0.39 is 23.1 Å². The number of carbonyl (C=O) groups is 3. The summed E-state index contributed by atoms with van der Waals surface area (Å²) in [5, 5.41) is 10.3. The van der Waals surface area contributed by atoms with Crippen molar-refractivity contribution in [2.24, 2.45) is 11.1 Å². The zero-order chi connectivity index (χ0) is 10.1. The van der Waals surface area contributed by atoms with Crippen LogP contribution in [0.25, 0.3) is 0 Å². The summed E-state index contributed by atoms with van der Waals surface area (Å²) >= 11 is 0. The lowest BCUT2D eigenvalue weighted by molar-refractivity contribution is -0.138. The molecule has 1 fully saturated rings. The Kier molecular flexibility index (Phi) is 2.02. The molecule has 1 aliphatic rings. The number of hydrogen-bond acceptors (Lipinski definition) is 4. The molecule has 1 rings (SSSR count). The Hall–Kier alpha value is -1.90. The second-order valence-corrected chi connectivity index (χ2v) is 2.84. The van der Waals surface area contributed by atoms with Gasteiger partial charge < -0.3 is 5.73 Å². The van der Waals surface area contributed by atoms with Crippen LogP contribution in [-0.2, 0) is 14.4 Å². The first-order valence-corrected chi connectivity index (χ1v) is 3.54. The summed E-state index contributed by atoms with van der Waals surface area (Å²) in [4.78, 5) is 32.9. The van der Waals surface area contributed by atoms with Crippen molar-refractivity contribution >= 4 is 17.7 Å². The molecule has 1 heterocycles. The first-order valence-electron chi connectivity index (χ1n) is 3.54. The average Bonchev–Trinajstić information content (AvgIpc) is 2.28. The Morgan fingerprint density at radius 3 is 2.62 bits per heavy atom. The predicted octanol–water partition coefficient (Wildman–Crippen LogP) is -1.58. The molecule has 0 aliphatic carbocycles. The van der Waals surface area contributed by atoms with Crippen molar-refractivity contribution in [1.82, 2.24) is 5.32 Å². The summed E-state index contributed by atoms with van der Waals surface area (Å²) < 4.78 is 0. The lowest BCUT2D eigenvalue weighted by atomic mass is 9.82. The smallest absolute Gasteiger partial charge is 0.243 e. The molecule has 3 amide bonds. The van der Waals surface area contributed by atoms with Crippen molar-refractivity contribution in [3.63, 3.8) is 0 Å². The molecular formula is C7H7N3O3. The molecule has 0 aromatic heterocycles. The first-order chi connectivity index (χ1) is 6.03. The number of nitrogens with one attached hydrogen (secondary N) is 1. The van der Waals surface area contributed by atoms with Gasteiger partial charge in [0.2, 0.25) is 17.7 Å². The number of nitrogens with zero attached hydrogens (tertiary/aromatic N) is 1. The van der Waals surface area contributed by atoms with Crippen LogP contribution in [0.3, 0.4) is 0 Å². The van der Waals surface area contributed by atoms with Crippen molar-refractivity contribution in [3.8, 4) is 6.07 Å². The summed E-state index contributed by atoms with van der Waals surface area (Å²) in [6, 6.07) is 1.67. The minimum absolute atomic E-state index is 0.325. The number of amides is 3. The van der Waals surface area contributed by atoms with E-state index in [1.165, 1.54) is 0 Å². The van der Waals surface area contributed by atoms with E-state index in [0.29, 0.717) is 0 Å². The highest BCUT2D eigenvalue weighted by molar-refractivity contribution is 6.17. The Morgan fingerprint density at radius 2 is 2.31 bits per heavy atom. The van der Waals surface area contributed by atoms with Crippen LogP contribution >= 0.6 is 0 Å². The summed E-state index contributed by atoms with van der Waals surface area (Å²) in [6.45, 7) is 0. The Bertz CT molecular complexity index is 330. The van der Waals surface area contributed by atoms with Gasteiger partial charge in [0, 0.05) is 0 Å². The van der Waals surface area contributed by atoms with Crippen LogP contribution in [0.4, 0.5) is 0 Å². The quantitative estimate of drug-likeness (QED) is 0.395. The van der Waals surface area contributed by atoms with Gasteiger partial charge in [-0.05, 0) is 0 Å². The number of imide groups is 1. The van der Waals surface area contributed by atoms with Gasteiger partial charge in [0.15, 0.2) is 0 Å². The van der Waals surface area contributed by atoms with Gasteiger partial charge in [0.05, 0.1) is 18.9 Å². The van der Waals surface area contributed by atoms with E-state index in [2.05, 4.69) is 0 Å². The molecule has 6 heteroatoms. The molecule has 0 saturated carbocycles. The lowest BCUT2D eigenvalue weighted by Crippen LogP contribution is -2.42. The third kappa shape index (κ3) is 1.24. The van der Waals surface area contributed by atoms with Gasteiger partial charge in [-0.15, -0.1) is 0 Å². The van der Waals surface area contributed by atoms with Crippen LogP contribution in [0.15, 0.2) is 0 Å². The number of nitrogens with two attached hydrogens (primary N) is 1. The topological polar surface area (TPSA) is 113 Å². The largest absolute Gasteiger partial charge is 0.369 e. The zero-order valence-electron chi connectivity index (χ0n) is 6.66. The van der Waals surface area contributed by atoms with Crippen LogP contribution in [0, 0.1) is 16.7 Å². The molecule has 13 heavy (non-hydrogen) atoms. The molecule has 0 aromatic rings. The number of primary amides is 1. The van der Waals surface area contributed by atoms with Gasteiger partial charge in [-0.25, -0.2) is 0 Å².